The highest BCUT2D eigenvalue weighted by molar-refractivity contribution is 6.03. The average Bonchev–Trinajstić information content (AvgIpc) is 3.59. The van der Waals surface area contributed by atoms with E-state index in [2.05, 4.69) is 35.9 Å². The Bertz CT molecular complexity index is 1880. The van der Waals surface area contributed by atoms with Gasteiger partial charge in [0.25, 0.3) is 11.8 Å². The van der Waals surface area contributed by atoms with Crippen LogP contribution in [0.2, 0.25) is 0 Å². The van der Waals surface area contributed by atoms with E-state index in [0.29, 0.717) is 23.0 Å². The summed E-state index contributed by atoms with van der Waals surface area (Å²) in [6.07, 6.45) is 5.25. The minimum absolute atomic E-state index is 0.0223. The number of carbonyl (C=O) groups excluding carboxylic acids is 3. The molecule has 5 rings (SSSR count). The second-order valence-electron chi connectivity index (χ2n) is 10.6. The SMILES string of the molecule is Cc1nc(C)c(C(=O)Nc2ccc(F)c(-c3cn4cc(NC(=O)c5nc(NC(=O)OC(C)(C)C)cn5C)cnc4n3)c2)o1. The largest absolute Gasteiger partial charge is 0.444 e. The molecule has 0 aliphatic carbocycles. The molecule has 43 heavy (non-hydrogen) atoms. The van der Waals surface area contributed by atoms with Crippen LogP contribution in [0.5, 0.6) is 0 Å². The normalized spacial score (nSPS) is 11.4. The first-order valence-electron chi connectivity index (χ1n) is 13.0. The molecule has 0 aliphatic heterocycles. The average molecular weight is 590 g/mol. The maximum Gasteiger partial charge on any atom is 0.413 e. The van der Waals surface area contributed by atoms with Crippen LogP contribution in [0.15, 0.2) is 47.4 Å². The zero-order valence-electron chi connectivity index (χ0n) is 24.1. The van der Waals surface area contributed by atoms with Crippen molar-refractivity contribution in [3.63, 3.8) is 0 Å². The summed E-state index contributed by atoms with van der Waals surface area (Å²) < 4.78 is 28.4. The zero-order chi connectivity index (χ0) is 31.1. The highest BCUT2D eigenvalue weighted by atomic mass is 19.1. The maximum atomic E-state index is 14.8. The smallest absolute Gasteiger partial charge is 0.413 e. The van der Waals surface area contributed by atoms with Crippen molar-refractivity contribution in [3.8, 4) is 11.3 Å². The first-order chi connectivity index (χ1) is 20.3. The number of carbonyl (C=O) groups is 3. The van der Waals surface area contributed by atoms with Crippen LogP contribution in [0.1, 0.15) is 53.5 Å². The lowest BCUT2D eigenvalue weighted by molar-refractivity contribution is 0.0634. The van der Waals surface area contributed by atoms with Crippen molar-refractivity contribution < 1.29 is 27.9 Å². The summed E-state index contributed by atoms with van der Waals surface area (Å²) in [5.74, 6) is -0.815. The number of fused-ring (bicyclic) bond motifs is 1. The number of aryl methyl sites for hydroxylation is 3. The van der Waals surface area contributed by atoms with Gasteiger partial charge in [-0.25, -0.2) is 29.1 Å². The molecule has 0 spiro atoms. The fraction of sp³-hybridized carbons (Fsp3) is 0.250. The van der Waals surface area contributed by atoms with Gasteiger partial charge in [0.2, 0.25) is 17.4 Å². The summed E-state index contributed by atoms with van der Waals surface area (Å²) in [6.45, 7) is 8.48. The molecule has 14 nitrogen and oxygen atoms in total. The van der Waals surface area contributed by atoms with Crippen LogP contribution in [0.4, 0.5) is 26.4 Å². The monoisotopic (exact) mass is 589 g/mol. The summed E-state index contributed by atoms with van der Waals surface area (Å²) in [6, 6.07) is 4.08. The van der Waals surface area contributed by atoms with Crippen LogP contribution >= 0.6 is 0 Å². The molecule has 222 valence electrons. The Balaban J connectivity index is 1.32. The minimum atomic E-state index is -0.701. The van der Waals surface area contributed by atoms with Crippen molar-refractivity contribution in [1.82, 2.24) is 28.9 Å². The lowest BCUT2D eigenvalue weighted by atomic mass is 10.1. The Hall–Kier alpha value is -5.60. The predicted octanol–water partition coefficient (Wildman–Crippen LogP) is 4.73. The van der Waals surface area contributed by atoms with Crippen molar-refractivity contribution in [3.05, 3.63) is 72.0 Å². The van der Waals surface area contributed by atoms with E-state index < -0.39 is 29.3 Å². The van der Waals surface area contributed by atoms with Gasteiger partial charge in [0.15, 0.2) is 11.7 Å². The Labute approximate surface area is 244 Å². The van der Waals surface area contributed by atoms with Crippen LogP contribution in [0.25, 0.3) is 17.0 Å². The van der Waals surface area contributed by atoms with Gasteiger partial charge in [-0.15, -0.1) is 0 Å². The molecule has 4 aromatic heterocycles. The molecule has 0 atom stereocenters. The molecule has 3 amide bonds. The van der Waals surface area contributed by atoms with Gasteiger partial charge >= 0.3 is 6.09 Å². The number of amides is 3. The topological polar surface area (TPSA) is 171 Å². The number of halogens is 1. The van der Waals surface area contributed by atoms with Gasteiger partial charge in [-0.1, -0.05) is 0 Å². The quantitative estimate of drug-likeness (QED) is 0.253. The molecule has 4 heterocycles. The highest BCUT2D eigenvalue weighted by Gasteiger charge is 2.21. The minimum Gasteiger partial charge on any atom is -0.444 e. The summed E-state index contributed by atoms with van der Waals surface area (Å²) in [5, 5.41) is 7.87. The molecular weight excluding hydrogens is 561 g/mol. The van der Waals surface area contributed by atoms with Gasteiger partial charge in [0, 0.05) is 43.8 Å². The molecule has 0 bridgehead atoms. The van der Waals surface area contributed by atoms with E-state index in [1.165, 1.54) is 45.8 Å². The number of hydrogen-bond donors (Lipinski definition) is 3. The molecule has 1 aromatic carbocycles. The number of ether oxygens (including phenoxy) is 1. The van der Waals surface area contributed by atoms with Crippen molar-refractivity contribution in [2.45, 2.75) is 40.2 Å². The summed E-state index contributed by atoms with van der Waals surface area (Å²) >= 11 is 0. The van der Waals surface area contributed by atoms with Crippen LogP contribution in [0, 0.1) is 19.7 Å². The molecule has 0 saturated carbocycles. The third kappa shape index (κ3) is 6.50. The molecule has 5 aromatic rings. The summed E-state index contributed by atoms with van der Waals surface area (Å²) in [7, 11) is 1.60. The van der Waals surface area contributed by atoms with Crippen LogP contribution in [-0.2, 0) is 11.8 Å². The lowest BCUT2D eigenvalue weighted by Gasteiger charge is -2.18. The fourth-order valence-electron chi connectivity index (χ4n) is 4.14. The molecule has 0 unspecified atom stereocenters. The van der Waals surface area contributed by atoms with E-state index in [1.807, 2.05) is 0 Å². The molecule has 3 N–H and O–H groups in total. The predicted molar refractivity (Wildman–Crippen MR) is 153 cm³/mol. The standard InChI is InChI=1S/C28H28FN9O5/c1-14-22(42-15(2)31-14)24(39)32-16-7-8-19(29)18(9-16)20-12-38-11-17(10-30-26(38)34-20)33-25(40)23-35-21(13-37(23)6)36-27(41)43-28(3,4)5/h7-13H,1-6H3,(H,32,39)(H,33,40)(H,36,41). The van der Waals surface area contributed by atoms with Gasteiger partial charge in [0.05, 0.1) is 23.3 Å². The molecule has 0 fully saturated rings. The molecule has 0 saturated heterocycles. The van der Waals surface area contributed by atoms with E-state index in [9.17, 15) is 18.8 Å². The molecular formula is C28H28FN9O5. The van der Waals surface area contributed by atoms with Crippen molar-refractivity contribution in [2.75, 3.05) is 16.0 Å². The van der Waals surface area contributed by atoms with Gasteiger partial charge in [0.1, 0.15) is 11.4 Å². The Kier molecular flexibility index (Phi) is 7.40. The number of benzene rings is 1. The fourth-order valence-corrected chi connectivity index (χ4v) is 4.14. The van der Waals surface area contributed by atoms with Crippen LogP contribution in [0.3, 0.4) is 0 Å². The second-order valence-corrected chi connectivity index (χ2v) is 10.6. The Morgan fingerprint density at radius 2 is 1.70 bits per heavy atom. The van der Waals surface area contributed by atoms with Gasteiger partial charge in [-0.2, -0.15) is 0 Å². The second kappa shape index (κ2) is 11.0. The van der Waals surface area contributed by atoms with Crippen LogP contribution in [-0.4, -0.2) is 52.4 Å². The van der Waals surface area contributed by atoms with Crippen molar-refractivity contribution in [1.29, 1.82) is 0 Å². The number of nitrogens with one attached hydrogen (secondary N) is 3. The number of hydrogen-bond acceptors (Lipinski definition) is 9. The highest BCUT2D eigenvalue weighted by Crippen LogP contribution is 2.27. The first-order valence-corrected chi connectivity index (χ1v) is 13.0. The Morgan fingerprint density at radius 3 is 2.40 bits per heavy atom. The van der Waals surface area contributed by atoms with E-state index >= 15 is 0 Å². The number of imidazole rings is 2. The third-order valence-electron chi connectivity index (χ3n) is 5.89. The number of rotatable bonds is 6. The number of aromatic nitrogens is 6. The van der Waals surface area contributed by atoms with Gasteiger partial charge in [-0.05, 0) is 45.9 Å². The van der Waals surface area contributed by atoms with E-state index in [0.717, 1.165) is 0 Å². The van der Waals surface area contributed by atoms with Gasteiger partial charge < -0.3 is 24.4 Å². The maximum absolute atomic E-state index is 14.8. The van der Waals surface area contributed by atoms with Crippen LogP contribution < -0.4 is 16.0 Å². The van der Waals surface area contributed by atoms with Crippen molar-refractivity contribution in [2.24, 2.45) is 7.05 Å². The Morgan fingerprint density at radius 1 is 0.953 bits per heavy atom. The van der Waals surface area contributed by atoms with Crippen molar-refractivity contribution >= 4 is 40.9 Å². The molecule has 0 radical (unpaired) electrons. The first kappa shape index (κ1) is 28.9. The molecule has 15 heteroatoms. The summed E-state index contributed by atoms with van der Waals surface area (Å²) in [5.41, 5.74) is 0.746. The molecule has 0 aliphatic rings. The number of nitrogens with zero attached hydrogens (tertiary/aromatic N) is 6. The summed E-state index contributed by atoms with van der Waals surface area (Å²) in [4.78, 5) is 54.5. The van der Waals surface area contributed by atoms with E-state index in [1.54, 1.807) is 47.9 Å². The zero-order valence-corrected chi connectivity index (χ0v) is 24.1. The third-order valence-corrected chi connectivity index (χ3v) is 5.89. The number of oxazole rings is 1. The van der Waals surface area contributed by atoms with Gasteiger partial charge in [-0.3, -0.25) is 19.3 Å². The lowest BCUT2D eigenvalue weighted by Crippen LogP contribution is -2.27. The van der Waals surface area contributed by atoms with E-state index in [4.69, 9.17) is 9.15 Å². The number of anilines is 3. The van der Waals surface area contributed by atoms with E-state index in [-0.39, 0.29) is 34.4 Å².